The van der Waals surface area contributed by atoms with Crippen molar-refractivity contribution < 1.29 is 4.79 Å². The summed E-state index contributed by atoms with van der Waals surface area (Å²) in [5, 5.41) is 2.47. The van der Waals surface area contributed by atoms with E-state index in [2.05, 4.69) is 20.3 Å². The lowest BCUT2D eigenvalue weighted by Gasteiger charge is -2.01. The molecule has 2 aromatic rings. The lowest BCUT2D eigenvalue weighted by Crippen LogP contribution is -2.23. The number of anilines is 1. The number of rotatable bonds is 2. The summed E-state index contributed by atoms with van der Waals surface area (Å²) in [6.45, 7) is 1.75. The van der Waals surface area contributed by atoms with E-state index in [1.165, 1.54) is 12.3 Å². The molecule has 1 amide bonds. The van der Waals surface area contributed by atoms with Crippen molar-refractivity contribution in [1.82, 2.24) is 15.0 Å². The summed E-state index contributed by atoms with van der Waals surface area (Å²) < 4.78 is 0. The highest BCUT2D eigenvalue weighted by Gasteiger charge is 2.11. The number of aromatic amines is 2. The number of nitrogens with one attached hydrogen (secondary N) is 3. The van der Waals surface area contributed by atoms with Crippen molar-refractivity contribution in [3.8, 4) is 0 Å². The quantitative estimate of drug-likeness (QED) is 0.691. The van der Waals surface area contributed by atoms with Gasteiger partial charge in [0.2, 0.25) is 5.95 Å². The zero-order valence-electron chi connectivity index (χ0n) is 8.57. The molecule has 0 saturated heterocycles. The molecule has 2 rings (SSSR count). The van der Waals surface area contributed by atoms with Gasteiger partial charge in [0.1, 0.15) is 5.56 Å². The molecule has 6 heteroatoms. The van der Waals surface area contributed by atoms with Gasteiger partial charge < -0.3 is 9.97 Å². The predicted octanol–water partition coefficient (Wildman–Crippen LogP) is 0.659. The van der Waals surface area contributed by atoms with E-state index in [0.29, 0.717) is 11.6 Å². The van der Waals surface area contributed by atoms with Gasteiger partial charge in [0.05, 0.1) is 0 Å². The number of imidazole rings is 1. The summed E-state index contributed by atoms with van der Waals surface area (Å²) in [7, 11) is 0. The normalized spacial score (nSPS) is 10.1. The molecule has 0 atom stereocenters. The zero-order valence-corrected chi connectivity index (χ0v) is 8.57. The van der Waals surface area contributed by atoms with Crippen LogP contribution in [0.25, 0.3) is 0 Å². The molecule has 0 unspecified atom stereocenters. The van der Waals surface area contributed by atoms with Gasteiger partial charge in [-0.3, -0.25) is 14.9 Å². The van der Waals surface area contributed by atoms with Crippen LogP contribution in [0.15, 0.2) is 29.3 Å². The molecule has 2 aromatic heterocycles. The molecule has 6 nitrogen and oxygen atoms in total. The second-order valence-corrected chi connectivity index (χ2v) is 3.28. The minimum absolute atomic E-state index is 0.0574. The van der Waals surface area contributed by atoms with E-state index in [0.717, 1.165) is 0 Å². The topological polar surface area (TPSA) is 90.6 Å². The fourth-order valence-electron chi connectivity index (χ4n) is 1.26. The molecule has 0 saturated carbocycles. The van der Waals surface area contributed by atoms with Gasteiger partial charge in [0, 0.05) is 18.1 Å². The van der Waals surface area contributed by atoms with E-state index < -0.39 is 11.5 Å². The van der Waals surface area contributed by atoms with Gasteiger partial charge in [-0.15, -0.1) is 0 Å². The van der Waals surface area contributed by atoms with Gasteiger partial charge >= 0.3 is 0 Å². The Morgan fingerprint density at radius 1 is 1.44 bits per heavy atom. The molecule has 0 spiro atoms. The van der Waals surface area contributed by atoms with Crippen LogP contribution in [0.3, 0.4) is 0 Å². The minimum atomic E-state index is -0.490. The SMILES string of the molecule is Cc1ccc(C(=O)Nc2ncc[nH]2)c(=O)[nH]1. The maximum Gasteiger partial charge on any atom is 0.263 e. The average molecular weight is 218 g/mol. The number of aromatic nitrogens is 3. The van der Waals surface area contributed by atoms with Crippen LogP contribution in [0.5, 0.6) is 0 Å². The second kappa shape index (κ2) is 4.01. The van der Waals surface area contributed by atoms with Gasteiger partial charge in [0.25, 0.3) is 11.5 Å². The fourth-order valence-corrected chi connectivity index (χ4v) is 1.26. The van der Waals surface area contributed by atoms with Crippen LogP contribution in [0.4, 0.5) is 5.95 Å². The molecule has 0 bridgehead atoms. The summed E-state index contributed by atoms with van der Waals surface area (Å²) in [5.74, 6) is -0.179. The lowest BCUT2D eigenvalue weighted by molar-refractivity contribution is 0.102. The smallest absolute Gasteiger partial charge is 0.263 e. The molecule has 16 heavy (non-hydrogen) atoms. The molecular formula is C10H10N4O2. The van der Waals surface area contributed by atoms with Crippen LogP contribution in [0, 0.1) is 6.92 Å². The molecule has 3 N–H and O–H groups in total. The Morgan fingerprint density at radius 3 is 2.88 bits per heavy atom. The second-order valence-electron chi connectivity index (χ2n) is 3.28. The van der Waals surface area contributed by atoms with Crippen LogP contribution in [-0.4, -0.2) is 20.9 Å². The first-order valence-electron chi connectivity index (χ1n) is 4.67. The first-order chi connectivity index (χ1) is 7.66. The van der Waals surface area contributed by atoms with Crippen molar-refractivity contribution in [2.45, 2.75) is 6.92 Å². The number of nitrogens with zero attached hydrogens (tertiary/aromatic N) is 1. The third kappa shape index (κ3) is 2.00. The zero-order chi connectivity index (χ0) is 11.5. The molecular weight excluding hydrogens is 208 g/mol. The first kappa shape index (κ1) is 10.2. The number of hydrogen-bond donors (Lipinski definition) is 3. The third-order valence-electron chi connectivity index (χ3n) is 2.03. The molecule has 0 radical (unpaired) electrons. The Bertz CT molecular complexity index is 556. The van der Waals surface area contributed by atoms with Gasteiger partial charge in [-0.05, 0) is 19.1 Å². The Labute approximate surface area is 90.7 Å². The van der Waals surface area contributed by atoms with E-state index in [1.54, 1.807) is 19.2 Å². The van der Waals surface area contributed by atoms with Crippen LogP contribution in [0.2, 0.25) is 0 Å². The summed E-state index contributed by atoms with van der Waals surface area (Å²) in [6.07, 6.45) is 3.09. The number of hydrogen-bond acceptors (Lipinski definition) is 3. The average Bonchev–Trinajstić information content (AvgIpc) is 2.70. The number of amides is 1. The van der Waals surface area contributed by atoms with E-state index in [-0.39, 0.29) is 5.56 Å². The highest BCUT2D eigenvalue weighted by molar-refractivity contribution is 6.02. The monoisotopic (exact) mass is 218 g/mol. The molecule has 0 aliphatic rings. The summed E-state index contributed by atoms with van der Waals surface area (Å²) in [5.41, 5.74) is 0.352. The van der Waals surface area contributed by atoms with Crippen molar-refractivity contribution >= 4 is 11.9 Å². The van der Waals surface area contributed by atoms with Crippen molar-refractivity contribution in [3.63, 3.8) is 0 Å². The highest BCUT2D eigenvalue weighted by Crippen LogP contribution is 1.99. The maximum absolute atomic E-state index is 11.7. The number of aryl methyl sites for hydroxylation is 1. The van der Waals surface area contributed by atoms with Crippen molar-refractivity contribution in [3.05, 3.63) is 46.1 Å². The summed E-state index contributed by atoms with van der Waals surface area (Å²) >= 11 is 0. The first-order valence-corrected chi connectivity index (χ1v) is 4.67. The van der Waals surface area contributed by atoms with Gasteiger partial charge in [-0.2, -0.15) is 0 Å². The predicted molar refractivity (Wildman–Crippen MR) is 58.3 cm³/mol. The van der Waals surface area contributed by atoms with Gasteiger partial charge in [-0.25, -0.2) is 4.98 Å². The fraction of sp³-hybridized carbons (Fsp3) is 0.100. The summed E-state index contributed by atoms with van der Waals surface area (Å²) in [4.78, 5) is 32.2. The van der Waals surface area contributed by atoms with Gasteiger partial charge in [-0.1, -0.05) is 0 Å². The van der Waals surface area contributed by atoms with E-state index in [1.807, 2.05) is 0 Å². The maximum atomic E-state index is 11.7. The lowest BCUT2D eigenvalue weighted by atomic mass is 10.2. The molecule has 0 aliphatic heterocycles. The Morgan fingerprint density at radius 2 is 2.25 bits per heavy atom. The molecule has 2 heterocycles. The summed E-state index contributed by atoms with van der Waals surface area (Å²) in [6, 6.07) is 3.14. The number of pyridine rings is 1. The Balaban J connectivity index is 2.25. The minimum Gasteiger partial charge on any atom is -0.331 e. The Kier molecular flexibility index (Phi) is 2.55. The molecule has 0 fully saturated rings. The van der Waals surface area contributed by atoms with Crippen LogP contribution in [0.1, 0.15) is 16.1 Å². The molecule has 0 aromatic carbocycles. The van der Waals surface area contributed by atoms with E-state index in [4.69, 9.17) is 0 Å². The number of carbonyl (C=O) groups excluding carboxylic acids is 1. The van der Waals surface area contributed by atoms with Crippen LogP contribution >= 0.6 is 0 Å². The van der Waals surface area contributed by atoms with E-state index in [9.17, 15) is 9.59 Å². The molecule has 82 valence electrons. The van der Waals surface area contributed by atoms with Gasteiger partial charge in [0.15, 0.2) is 0 Å². The van der Waals surface area contributed by atoms with Crippen LogP contribution < -0.4 is 10.9 Å². The standard InChI is InChI=1S/C10H10N4O2/c1-6-2-3-7(8(15)13-6)9(16)14-10-11-4-5-12-10/h2-5H,1H3,(H,13,15)(H2,11,12,14,16). The number of carbonyl (C=O) groups is 1. The van der Waals surface area contributed by atoms with Crippen molar-refractivity contribution in [2.75, 3.05) is 5.32 Å². The largest absolute Gasteiger partial charge is 0.331 e. The van der Waals surface area contributed by atoms with Crippen molar-refractivity contribution in [2.24, 2.45) is 0 Å². The Hall–Kier alpha value is -2.37. The highest BCUT2D eigenvalue weighted by atomic mass is 16.2. The molecule has 0 aliphatic carbocycles. The van der Waals surface area contributed by atoms with Crippen molar-refractivity contribution in [1.29, 1.82) is 0 Å². The third-order valence-corrected chi connectivity index (χ3v) is 2.03. The van der Waals surface area contributed by atoms with Crippen LogP contribution in [-0.2, 0) is 0 Å². The number of H-pyrrole nitrogens is 2. The van der Waals surface area contributed by atoms with E-state index >= 15 is 0 Å².